The molecule has 27 heavy (non-hydrogen) atoms. The lowest BCUT2D eigenvalue weighted by Crippen LogP contribution is -2.49. The first-order chi connectivity index (χ1) is 13.0. The van der Waals surface area contributed by atoms with Crippen LogP contribution in [0.5, 0.6) is 5.88 Å². The zero-order valence-corrected chi connectivity index (χ0v) is 14.9. The first-order valence-electron chi connectivity index (χ1n) is 8.87. The highest BCUT2D eigenvalue weighted by Gasteiger charge is 2.40. The molecule has 0 spiro atoms. The number of fused-ring (bicyclic) bond motifs is 1. The van der Waals surface area contributed by atoms with Crippen molar-refractivity contribution in [2.75, 3.05) is 36.5 Å². The molecule has 0 radical (unpaired) electrons. The zero-order chi connectivity index (χ0) is 19.0. The number of anilines is 2. The SMILES string of the molecule is COc1ccnc(N2CCC3CCN(c4ccc(C(F)(F)F)cn4)C3C2)n1. The van der Waals surface area contributed by atoms with Crippen molar-refractivity contribution in [1.29, 1.82) is 0 Å². The summed E-state index contributed by atoms with van der Waals surface area (Å²) < 4.78 is 43.5. The molecule has 2 aliphatic rings. The summed E-state index contributed by atoms with van der Waals surface area (Å²) in [6.45, 7) is 2.35. The smallest absolute Gasteiger partial charge is 0.417 e. The summed E-state index contributed by atoms with van der Waals surface area (Å²) in [7, 11) is 1.56. The summed E-state index contributed by atoms with van der Waals surface area (Å²) in [6, 6.07) is 4.44. The summed E-state index contributed by atoms with van der Waals surface area (Å²) in [5.41, 5.74) is -0.725. The van der Waals surface area contributed by atoms with Gasteiger partial charge in [0.05, 0.1) is 18.7 Å². The van der Waals surface area contributed by atoms with Crippen LogP contribution in [-0.2, 0) is 6.18 Å². The molecule has 9 heteroatoms. The molecule has 2 fully saturated rings. The van der Waals surface area contributed by atoms with Crippen LogP contribution in [-0.4, -0.2) is 47.7 Å². The fraction of sp³-hybridized carbons (Fsp3) is 0.500. The average Bonchev–Trinajstić information content (AvgIpc) is 3.10. The van der Waals surface area contributed by atoms with Gasteiger partial charge in [0.25, 0.3) is 0 Å². The Morgan fingerprint density at radius 3 is 2.63 bits per heavy atom. The number of halogens is 3. The molecule has 0 N–H and O–H groups in total. The average molecular weight is 379 g/mol. The van der Waals surface area contributed by atoms with Gasteiger partial charge in [-0.15, -0.1) is 0 Å². The first-order valence-corrected chi connectivity index (χ1v) is 8.87. The van der Waals surface area contributed by atoms with E-state index >= 15 is 0 Å². The minimum absolute atomic E-state index is 0.179. The van der Waals surface area contributed by atoms with E-state index in [2.05, 4.69) is 24.8 Å². The summed E-state index contributed by atoms with van der Waals surface area (Å²) >= 11 is 0. The van der Waals surface area contributed by atoms with Crippen molar-refractivity contribution in [3.63, 3.8) is 0 Å². The number of hydrogen-bond donors (Lipinski definition) is 0. The highest BCUT2D eigenvalue weighted by molar-refractivity contribution is 5.45. The fourth-order valence-corrected chi connectivity index (χ4v) is 3.93. The fourth-order valence-electron chi connectivity index (χ4n) is 3.93. The number of ether oxygens (including phenoxy) is 1. The van der Waals surface area contributed by atoms with Crippen LogP contribution in [0.2, 0.25) is 0 Å². The summed E-state index contributed by atoms with van der Waals surface area (Å²) in [6.07, 6.45) is 0.207. The van der Waals surface area contributed by atoms with E-state index < -0.39 is 11.7 Å². The van der Waals surface area contributed by atoms with Gasteiger partial charge in [0, 0.05) is 38.1 Å². The number of piperidine rings is 1. The van der Waals surface area contributed by atoms with E-state index in [4.69, 9.17) is 4.74 Å². The third kappa shape index (κ3) is 3.50. The van der Waals surface area contributed by atoms with Crippen LogP contribution in [0.3, 0.4) is 0 Å². The van der Waals surface area contributed by atoms with Crippen LogP contribution in [0.4, 0.5) is 24.9 Å². The molecule has 2 aliphatic heterocycles. The number of rotatable bonds is 3. The quantitative estimate of drug-likeness (QED) is 0.817. The van der Waals surface area contributed by atoms with Crippen molar-refractivity contribution in [2.45, 2.75) is 25.1 Å². The Morgan fingerprint density at radius 2 is 1.93 bits per heavy atom. The molecule has 2 aromatic heterocycles. The van der Waals surface area contributed by atoms with Gasteiger partial charge in [0.2, 0.25) is 11.8 Å². The normalized spacial score (nSPS) is 22.7. The molecule has 2 unspecified atom stereocenters. The van der Waals surface area contributed by atoms with Crippen molar-refractivity contribution in [3.8, 4) is 5.88 Å². The summed E-state index contributed by atoms with van der Waals surface area (Å²) in [5, 5.41) is 0. The Labute approximate surface area is 155 Å². The standard InChI is InChI=1S/C18H20F3N5O/c1-27-16-4-7-22-17(24-16)25-8-5-12-6-9-26(14(12)11-25)15-3-2-13(10-23-15)18(19,20)21/h2-4,7,10,12,14H,5-6,8-9,11H2,1H3. The van der Waals surface area contributed by atoms with Crippen LogP contribution in [0.15, 0.2) is 30.6 Å². The van der Waals surface area contributed by atoms with Crippen molar-refractivity contribution >= 4 is 11.8 Å². The Balaban J connectivity index is 1.53. The van der Waals surface area contributed by atoms with Crippen molar-refractivity contribution in [2.24, 2.45) is 5.92 Å². The number of aromatic nitrogens is 3. The molecule has 2 saturated heterocycles. The second-order valence-corrected chi connectivity index (χ2v) is 6.85. The van der Waals surface area contributed by atoms with Crippen molar-refractivity contribution in [3.05, 3.63) is 36.2 Å². The van der Waals surface area contributed by atoms with Crippen LogP contribution in [0, 0.1) is 5.92 Å². The Hall–Kier alpha value is -2.58. The molecule has 2 aromatic rings. The number of methoxy groups -OCH3 is 1. The number of nitrogens with zero attached hydrogens (tertiary/aromatic N) is 5. The van der Waals surface area contributed by atoms with E-state index in [1.807, 2.05) is 0 Å². The lowest BCUT2D eigenvalue weighted by atomic mass is 9.92. The maximum absolute atomic E-state index is 12.8. The van der Waals surface area contributed by atoms with E-state index in [9.17, 15) is 13.2 Å². The zero-order valence-electron chi connectivity index (χ0n) is 14.9. The van der Waals surface area contributed by atoms with Gasteiger partial charge in [0.1, 0.15) is 5.82 Å². The van der Waals surface area contributed by atoms with Gasteiger partial charge in [-0.05, 0) is 30.9 Å². The second kappa shape index (κ2) is 6.86. The lowest BCUT2D eigenvalue weighted by Gasteiger charge is -2.38. The molecule has 4 rings (SSSR count). The molecule has 144 valence electrons. The Bertz CT molecular complexity index is 798. The molecule has 2 atom stereocenters. The van der Waals surface area contributed by atoms with E-state index in [-0.39, 0.29) is 6.04 Å². The van der Waals surface area contributed by atoms with Crippen LogP contribution < -0.4 is 14.5 Å². The second-order valence-electron chi connectivity index (χ2n) is 6.85. The molecular weight excluding hydrogens is 359 g/mol. The maximum atomic E-state index is 12.8. The Morgan fingerprint density at radius 1 is 1.11 bits per heavy atom. The van der Waals surface area contributed by atoms with Crippen LogP contribution in [0.25, 0.3) is 0 Å². The molecular formula is C18H20F3N5O. The van der Waals surface area contributed by atoms with Gasteiger partial charge in [-0.3, -0.25) is 0 Å². The van der Waals surface area contributed by atoms with Gasteiger partial charge >= 0.3 is 6.18 Å². The predicted octanol–water partition coefficient (Wildman–Crippen LogP) is 3.00. The molecule has 0 amide bonds. The number of pyridine rings is 1. The molecule has 0 aromatic carbocycles. The number of hydrogen-bond acceptors (Lipinski definition) is 6. The highest BCUT2D eigenvalue weighted by Crippen LogP contribution is 2.36. The van der Waals surface area contributed by atoms with Crippen LogP contribution in [0.1, 0.15) is 18.4 Å². The monoisotopic (exact) mass is 379 g/mol. The summed E-state index contributed by atoms with van der Waals surface area (Å²) in [5.74, 6) is 2.20. The first kappa shape index (κ1) is 17.8. The molecule has 0 saturated carbocycles. The topological polar surface area (TPSA) is 54.4 Å². The molecule has 6 nitrogen and oxygen atoms in total. The molecule has 0 bridgehead atoms. The van der Waals surface area contributed by atoms with Gasteiger partial charge in [0.15, 0.2) is 0 Å². The lowest BCUT2D eigenvalue weighted by molar-refractivity contribution is -0.137. The van der Waals surface area contributed by atoms with E-state index in [1.54, 1.807) is 19.4 Å². The number of alkyl halides is 3. The van der Waals surface area contributed by atoms with E-state index in [0.717, 1.165) is 38.2 Å². The molecule has 4 heterocycles. The minimum Gasteiger partial charge on any atom is -0.481 e. The van der Waals surface area contributed by atoms with Gasteiger partial charge < -0.3 is 14.5 Å². The van der Waals surface area contributed by atoms with E-state index in [0.29, 0.717) is 30.1 Å². The Kier molecular flexibility index (Phi) is 4.53. The third-order valence-corrected chi connectivity index (χ3v) is 5.34. The largest absolute Gasteiger partial charge is 0.481 e. The van der Waals surface area contributed by atoms with Gasteiger partial charge in [-0.1, -0.05) is 0 Å². The maximum Gasteiger partial charge on any atom is 0.417 e. The van der Waals surface area contributed by atoms with E-state index in [1.165, 1.54) is 6.07 Å². The van der Waals surface area contributed by atoms with Crippen molar-refractivity contribution < 1.29 is 17.9 Å². The van der Waals surface area contributed by atoms with Gasteiger partial charge in [-0.25, -0.2) is 9.97 Å². The van der Waals surface area contributed by atoms with Crippen molar-refractivity contribution in [1.82, 2.24) is 15.0 Å². The predicted molar refractivity (Wildman–Crippen MR) is 93.9 cm³/mol. The van der Waals surface area contributed by atoms with Crippen LogP contribution >= 0.6 is 0 Å². The minimum atomic E-state index is -4.37. The third-order valence-electron chi connectivity index (χ3n) is 5.34. The molecule has 0 aliphatic carbocycles. The highest BCUT2D eigenvalue weighted by atomic mass is 19.4. The summed E-state index contributed by atoms with van der Waals surface area (Å²) in [4.78, 5) is 17.0. The van der Waals surface area contributed by atoms with Gasteiger partial charge in [-0.2, -0.15) is 18.2 Å².